The molecule has 2 atom stereocenters. The van der Waals surface area contributed by atoms with E-state index < -0.39 is 0 Å². The summed E-state index contributed by atoms with van der Waals surface area (Å²) in [5, 5.41) is 6.66. The first kappa shape index (κ1) is 28.0. The van der Waals surface area contributed by atoms with Crippen LogP contribution in [-0.4, -0.2) is 88.5 Å². The molecule has 2 aromatic heterocycles. The van der Waals surface area contributed by atoms with Crippen molar-refractivity contribution in [2.24, 2.45) is 11.8 Å². The van der Waals surface area contributed by atoms with Gasteiger partial charge in [-0.25, -0.2) is 15.0 Å². The zero-order valence-electron chi connectivity index (χ0n) is 23.2. The smallest absolute Gasteiger partial charge is 0.259 e. The van der Waals surface area contributed by atoms with Crippen molar-refractivity contribution in [2.45, 2.75) is 59.0 Å². The lowest BCUT2D eigenvalue weighted by Gasteiger charge is -2.40. The largest absolute Gasteiger partial charge is 0.447 e. The molecule has 2 N–H and O–H groups in total. The number of morpholine rings is 1. The summed E-state index contributed by atoms with van der Waals surface area (Å²) < 4.78 is 10.8. The molecule has 0 spiro atoms. The maximum absolute atomic E-state index is 14.1. The number of piperidine rings is 1. The van der Waals surface area contributed by atoms with Gasteiger partial charge in [-0.2, -0.15) is 0 Å². The number of carbonyl (C=O) groups excluding carboxylic acids is 2. The Labute approximate surface area is 224 Å². The molecule has 2 saturated heterocycles. The molecule has 208 valence electrons. The van der Waals surface area contributed by atoms with Gasteiger partial charge in [0.15, 0.2) is 0 Å². The summed E-state index contributed by atoms with van der Waals surface area (Å²) in [6.45, 7) is 14.8. The highest BCUT2D eigenvalue weighted by Gasteiger charge is 2.36. The van der Waals surface area contributed by atoms with Gasteiger partial charge in [0.25, 0.3) is 5.91 Å². The van der Waals surface area contributed by atoms with Gasteiger partial charge < -0.3 is 29.6 Å². The average molecular weight is 528 g/mol. The number of aromatic nitrogens is 3. The Balaban J connectivity index is 1.58. The second-order valence-corrected chi connectivity index (χ2v) is 11.5. The SMILES string of the molecule is CC(C)CN(C(=O)c1cnc(C(C)(C)C)nc1NCc1ncco1)[C@@H]1CNC[C@H](C(=O)N2CCOCC2)C1. The van der Waals surface area contributed by atoms with Crippen LogP contribution in [0.15, 0.2) is 23.1 Å². The van der Waals surface area contributed by atoms with Crippen molar-refractivity contribution in [3.63, 3.8) is 0 Å². The Hall–Kier alpha value is -3.05. The predicted octanol–water partition coefficient (Wildman–Crippen LogP) is 2.31. The van der Waals surface area contributed by atoms with Crippen molar-refractivity contribution >= 4 is 17.6 Å². The van der Waals surface area contributed by atoms with E-state index in [9.17, 15) is 9.59 Å². The Morgan fingerprint density at radius 1 is 1.21 bits per heavy atom. The quantitative estimate of drug-likeness (QED) is 0.532. The molecule has 0 aliphatic carbocycles. The Morgan fingerprint density at radius 3 is 2.63 bits per heavy atom. The molecular weight excluding hydrogens is 486 g/mol. The third-order valence-corrected chi connectivity index (χ3v) is 6.84. The monoisotopic (exact) mass is 527 g/mol. The minimum absolute atomic E-state index is 0.129. The van der Waals surface area contributed by atoms with E-state index in [1.165, 1.54) is 6.26 Å². The van der Waals surface area contributed by atoms with Crippen LogP contribution in [0.4, 0.5) is 5.82 Å². The van der Waals surface area contributed by atoms with E-state index in [1.807, 2.05) is 30.6 Å². The number of amides is 2. The topological polar surface area (TPSA) is 126 Å². The molecule has 0 aromatic carbocycles. The Kier molecular flexibility index (Phi) is 8.99. The number of carbonyl (C=O) groups is 2. The summed E-state index contributed by atoms with van der Waals surface area (Å²) in [6, 6.07) is -0.129. The van der Waals surface area contributed by atoms with Crippen LogP contribution in [0.3, 0.4) is 0 Å². The number of nitrogens with one attached hydrogen (secondary N) is 2. The molecule has 0 saturated carbocycles. The standard InChI is InChI=1S/C27H41N7O4/c1-18(2)17-34(20-12-19(13-28-14-20)24(35)33-7-10-37-11-8-33)25(36)21-15-31-26(27(3,4)5)32-23(21)30-16-22-29-6-9-38-22/h6,9,15,18-20,28H,7-8,10-14,16-17H2,1-5H3,(H,30,31,32)/t19-,20+/m1/s1. The lowest BCUT2D eigenvalue weighted by Crippen LogP contribution is -2.56. The van der Waals surface area contributed by atoms with Gasteiger partial charge in [0.2, 0.25) is 11.8 Å². The molecule has 0 bridgehead atoms. The van der Waals surface area contributed by atoms with Gasteiger partial charge in [-0.1, -0.05) is 34.6 Å². The van der Waals surface area contributed by atoms with E-state index >= 15 is 0 Å². The van der Waals surface area contributed by atoms with Gasteiger partial charge in [-0.05, 0) is 12.3 Å². The van der Waals surface area contributed by atoms with Crippen LogP contribution in [0, 0.1) is 11.8 Å². The summed E-state index contributed by atoms with van der Waals surface area (Å²) in [7, 11) is 0. The summed E-state index contributed by atoms with van der Waals surface area (Å²) in [6.07, 6.45) is 5.33. The summed E-state index contributed by atoms with van der Waals surface area (Å²) in [5.74, 6) is 1.62. The molecule has 11 nitrogen and oxygen atoms in total. The number of anilines is 1. The molecule has 4 heterocycles. The van der Waals surface area contributed by atoms with E-state index in [0.29, 0.717) is 82.0 Å². The number of hydrogen-bond acceptors (Lipinski definition) is 9. The maximum Gasteiger partial charge on any atom is 0.259 e. The summed E-state index contributed by atoms with van der Waals surface area (Å²) in [5.41, 5.74) is 0.102. The average Bonchev–Trinajstić information content (AvgIpc) is 3.43. The Morgan fingerprint density at radius 2 is 1.97 bits per heavy atom. The van der Waals surface area contributed by atoms with Crippen LogP contribution < -0.4 is 10.6 Å². The number of rotatable bonds is 8. The first-order valence-electron chi connectivity index (χ1n) is 13.5. The van der Waals surface area contributed by atoms with Gasteiger partial charge in [0.1, 0.15) is 23.5 Å². The van der Waals surface area contributed by atoms with E-state index in [-0.39, 0.29) is 35.1 Å². The van der Waals surface area contributed by atoms with Crippen LogP contribution in [0.5, 0.6) is 0 Å². The summed E-state index contributed by atoms with van der Waals surface area (Å²) >= 11 is 0. The van der Waals surface area contributed by atoms with Crippen molar-refractivity contribution in [2.75, 3.05) is 51.3 Å². The molecule has 2 amide bonds. The number of oxazole rings is 1. The highest BCUT2D eigenvalue weighted by Crippen LogP contribution is 2.26. The zero-order chi connectivity index (χ0) is 27.3. The van der Waals surface area contributed by atoms with Crippen LogP contribution in [-0.2, 0) is 21.5 Å². The lowest BCUT2D eigenvalue weighted by atomic mass is 9.92. The van der Waals surface area contributed by atoms with Crippen LogP contribution in [0.1, 0.15) is 63.1 Å². The van der Waals surface area contributed by atoms with Crippen molar-refractivity contribution < 1.29 is 18.7 Å². The van der Waals surface area contributed by atoms with E-state index in [2.05, 4.69) is 34.4 Å². The third kappa shape index (κ3) is 6.87. The van der Waals surface area contributed by atoms with E-state index in [4.69, 9.17) is 14.1 Å². The zero-order valence-corrected chi connectivity index (χ0v) is 23.2. The molecular formula is C27H41N7O4. The molecule has 2 fully saturated rings. The highest BCUT2D eigenvalue weighted by molar-refractivity contribution is 5.98. The van der Waals surface area contributed by atoms with Crippen molar-refractivity contribution in [3.8, 4) is 0 Å². The van der Waals surface area contributed by atoms with E-state index in [1.54, 1.807) is 12.4 Å². The van der Waals surface area contributed by atoms with Gasteiger partial charge >= 0.3 is 0 Å². The number of nitrogens with zero attached hydrogens (tertiary/aromatic N) is 5. The van der Waals surface area contributed by atoms with Gasteiger partial charge in [0.05, 0.1) is 31.9 Å². The minimum atomic E-state index is -0.293. The first-order chi connectivity index (χ1) is 18.1. The molecule has 0 unspecified atom stereocenters. The fraction of sp³-hybridized carbons (Fsp3) is 0.667. The van der Waals surface area contributed by atoms with E-state index in [0.717, 1.165) is 0 Å². The fourth-order valence-corrected chi connectivity index (χ4v) is 4.87. The molecule has 0 radical (unpaired) electrons. The van der Waals surface area contributed by atoms with Gasteiger partial charge in [0, 0.05) is 50.4 Å². The molecule has 11 heteroatoms. The predicted molar refractivity (Wildman–Crippen MR) is 143 cm³/mol. The van der Waals surface area contributed by atoms with Gasteiger partial charge in [-0.15, -0.1) is 0 Å². The minimum Gasteiger partial charge on any atom is -0.447 e. The normalized spacial score (nSPS) is 20.4. The molecule has 2 aromatic rings. The van der Waals surface area contributed by atoms with Crippen molar-refractivity contribution in [1.29, 1.82) is 0 Å². The second-order valence-electron chi connectivity index (χ2n) is 11.5. The summed E-state index contributed by atoms with van der Waals surface area (Å²) in [4.78, 5) is 44.6. The van der Waals surface area contributed by atoms with Crippen LogP contribution in [0.2, 0.25) is 0 Å². The third-order valence-electron chi connectivity index (χ3n) is 6.84. The Bertz CT molecular complexity index is 1080. The van der Waals surface area contributed by atoms with Crippen LogP contribution in [0.25, 0.3) is 0 Å². The molecule has 2 aliphatic heterocycles. The number of hydrogen-bond donors (Lipinski definition) is 2. The first-order valence-corrected chi connectivity index (χ1v) is 13.5. The second kappa shape index (κ2) is 12.2. The fourth-order valence-electron chi connectivity index (χ4n) is 4.87. The highest BCUT2D eigenvalue weighted by atomic mass is 16.5. The van der Waals surface area contributed by atoms with Crippen molar-refractivity contribution in [3.05, 3.63) is 35.9 Å². The van der Waals surface area contributed by atoms with Crippen LogP contribution >= 0.6 is 0 Å². The molecule has 38 heavy (non-hydrogen) atoms. The molecule has 2 aliphatic rings. The maximum atomic E-state index is 14.1. The van der Waals surface area contributed by atoms with Gasteiger partial charge in [-0.3, -0.25) is 9.59 Å². The molecule has 4 rings (SSSR count). The lowest BCUT2D eigenvalue weighted by molar-refractivity contribution is -0.140. The van der Waals surface area contributed by atoms with Crippen molar-refractivity contribution in [1.82, 2.24) is 30.1 Å². The number of ether oxygens (including phenoxy) is 1.